The standard InChI is InChI=1S/C16H27F/c1-10-13(16(7,8)9)11(2)14(17)12(3)15(4,5)6/h10H,3H2,1-2,4-9H3/b13-10+,14-11+. The molecule has 0 aliphatic carbocycles. The third kappa shape index (κ3) is 4.14. The topological polar surface area (TPSA) is 0 Å². The fraction of sp³-hybridized carbons (Fsp3) is 0.625. The van der Waals surface area contributed by atoms with E-state index in [-0.39, 0.29) is 16.7 Å². The van der Waals surface area contributed by atoms with Crippen molar-refractivity contribution in [1.82, 2.24) is 0 Å². The van der Waals surface area contributed by atoms with Crippen molar-refractivity contribution in [2.75, 3.05) is 0 Å². The fourth-order valence-corrected chi connectivity index (χ4v) is 1.89. The summed E-state index contributed by atoms with van der Waals surface area (Å²) in [4.78, 5) is 0. The quantitative estimate of drug-likeness (QED) is 0.531. The summed E-state index contributed by atoms with van der Waals surface area (Å²) in [6.45, 7) is 19.9. The molecule has 0 radical (unpaired) electrons. The first kappa shape index (κ1) is 16.1. The van der Waals surface area contributed by atoms with Crippen molar-refractivity contribution < 1.29 is 4.39 Å². The Morgan fingerprint density at radius 3 is 1.65 bits per heavy atom. The van der Waals surface area contributed by atoms with Gasteiger partial charge in [-0.05, 0) is 41.4 Å². The monoisotopic (exact) mass is 238 g/mol. The van der Waals surface area contributed by atoms with E-state index in [1.807, 2.05) is 40.7 Å². The van der Waals surface area contributed by atoms with Crippen LogP contribution in [-0.2, 0) is 0 Å². The maximum absolute atomic E-state index is 14.4. The van der Waals surface area contributed by atoms with E-state index in [1.165, 1.54) is 0 Å². The van der Waals surface area contributed by atoms with Crippen molar-refractivity contribution >= 4 is 0 Å². The van der Waals surface area contributed by atoms with Crippen molar-refractivity contribution in [3.05, 3.63) is 35.2 Å². The minimum absolute atomic E-state index is 0.0473. The number of hydrogen-bond acceptors (Lipinski definition) is 0. The summed E-state index contributed by atoms with van der Waals surface area (Å²) in [6, 6.07) is 0. The molecule has 0 saturated heterocycles. The molecule has 0 aromatic carbocycles. The lowest BCUT2D eigenvalue weighted by atomic mass is 9.79. The Morgan fingerprint density at radius 2 is 1.41 bits per heavy atom. The lowest BCUT2D eigenvalue weighted by Gasteiger charge is -2.27. The van der Waals surface area contributed by atoms with Gasteiger partial charge in [-0.3, -0.25) is 0 Å². The molecule has 0 saturated carbocycles. The van der Waals surface area contributed by atoms with E-state index in [9.17, 15) is 4.39 Å². The average Bonchev–Trinajstić information content (AvgIpc) is 2.12. The van der Waals surface area contributed by atoms with Gasteiger partial charge in [-0.25, -0.2) is 4.39 Å². The van der Waals surface area contributed by atoms with Gasteiger partial charge >= 0.3 is 0 Å². The van der Waals surface area contributed by atoms with Gasteiger partial charge in [0.05, 0.1) is 0 Å². The molecule has 0 aromatic heterocycles. The second-order valence-electron chi connectivity index (χ2n) is 6.62. The van der Waals surface area contributed by atoms with Crippen molar-refractivity contribution in [2.45, 2.75) is 55.4 Å². The first-order valence-electron chi connectivity index (χ1n) is 6.16. The van der Waals surface area contributed by atoms with Crippen molar-refractivity contribution in [1.29, 1.82) is 0 Å². The predicted molar refractivity (Wildman–Crippen MR) is 75.6 cm³/mol. The van der Waals surface area contributed by atoms with E-state index >= 15 is 0 Å². The van der Waals surface area contributed by atoms with Crippen LogP contribution in [0.1, 0.15) is 55.4 Å². The molecule has 0 nitrogen and oxygen atoms in total. The summed E-state index contributed by atoms with van der Waals surface area (Å²) < 4.78 is 14.4. The summed E-state index contributed by atoms with van der Waals surface area (Å²) in [5, 5.41) is 0. The number of halogens is 1. The fourth-order valence-electron chi connectivity index (χ4n) is 1.89. The Labute approximate surface area is 106 Å². The zero-order valence-corrected chi connectivity index (χ0v) is 12.7. The van der Waals surface area contributed by atoms with E-state index in [4.69, 9.17) is 0 Å². The highest BCUT2D eigenvalue weighted by Crippen LogP contribution is 2.38. The van der Waals surface area contributed by atoms with Crippen LogP contribution in [0.15, 0.2) is 35.2 Å². The van der Waals surface area contributed by atoms with Crippen LogP contribution in [0.4, 0.5) is 4.39 Å². The van der Waals surface area contributed by atoms with E-state index in [0.29, 0.717) is 11.1 Å². The van der Waals surface area contributed by atoms with Gasteiger partial charge in [0.1, 0.15) is 5.83 Å². The maximum Gasteiger partial charge on any atom is 0.129 e. The Balaban J connectivity index is 5.55. The molecular weight excluding hydrogens is 211 g/mol. The van der Waals surface area contributed by atoms with Gasteiger partial charge in [-0.15, -0.1) is 0 Å². The normalized spacial score (nSPS) is 15.7. The Morgan fingerprint density at radius 1 is 1.00 bits per heavy atom. The highest BCUT2D eigenvalue weighted by molar-refractivity contribution is 5.43. The van der Waals surface area contributed by atoms with Crippen LogP contribution >= 0.6 is 0 Å². The molecule has 0 bridgehead atoms. The molecule has 0 fully saturated rings. The SMILES string of the molecule is C=C(/C(F)=C(C)\C(=C/C)C(C)(C)C)C(C)(C)C. The van der Waals surface area contributed by atoms with E-state index < -0.39 is 0 Å². The van der Waals surface area contributed by atoms with Crippen molar-refractivity contribution in [3.8, 4) is 0 Å². The smallest absolute Gasteiger partial charge is 0.129 e. The number of rotatable bonds is 2. The molecule has 0 heterocycles. The number of allylic oxidation sites excluding steroid dienone is 5. The summed E-state index contributed by atoms with van der Waals surface area (Å²) in [5.41, 5.74) is 2.04. The predicted octanol–water partition coefficient (Wildman–Crippen LogP) is 5.82. The van der Waals surface area contributed by atoms with Gasteiger partial charge in [0, 0.05) is 0 Å². The van der Waals surface area contributed by atoms with Crippen LogP contribution in [0.5, 0.6) is 0 Å². The summed E-state index contributed by atoms with van der Waals surface area (Å²) in [6.07, 6.45) is 1.99. The number of hydrogen-bond donors (Lipinski definition) is 0. The Bertz CT molecular complexity index is 354. The molecule has 0 atom stereocenters. The summed E-state index contributed by atoms with van der Waals surface area (Å²) in [5.74, 6) is -0.166. The van der Waals surface area contributed by atoms with Gasteiger partial charge in [0.25, 0.3) is 0 Å². The second-order valence-corrected chi connectivity index (χ2v) is 6.62. The molecule has 0 aliphatic rings. The lowest BCUT2D eigenvalue weighted by Crippen LogP contribution is -2.14. The van der Waals surface area contributed by atoms with Crippen LogP contribution in [-0.4, -0.2) is 0 Å². The molecule has 0 aliphatic heterocycles. The Hall–Kier alpha value is -0.850. The largest absolute Gasteiger partial charge is 0.206 e. The van der Waals surface area contributed by atoms with Gasteiger partial charge < -0.3 is 0 Å². The zero-order chi connectivity index (χ0) is 14.0. The van der Waals surface area contributed by atoms with E-state index in [2.05, 4.69) is 27.4 Å². The van der Waals surface area contributed by atoms with Crippen LogP contribution in [0.3, 0.4) is 0 Å². The van der Waals surface area contributed by atoms with Gasteiger partial charge in [0.15, 0.2) is 0 Å². The van der Waals surface area contributed by atoms with Gasteiger partial charge in [-0.2, -0.15) is 0 Å². The van der Waals surface area contributed by atoms with Crippen LogP contribution in [0, 0.1) is 10.8 Å². The van der Waals surface area contributed by atoms with Crippen LogP contribution in [0.25, 0.3) is 0 Å². The minimum atomic E-state index is -0.234. The molecule has 0 amide bonds. The van der Waals surface area contributed by atoms with E-state index in [1.54, 1.807) is 0 Å². The first-order valence-corrected chi connectivity index (χ1v) is 6.16. The third-order valence-electron chi connectivity index (χ3n) is 3.00. The third-order valence-corrected chi connectivity index (χ3v) is 3.00. The molecule has 1 heteroatoms. The molecule has 0 aromatic rings. The van der Waals surface area contributed by atoms with Crippen LogP contribution in [0.2, 0.25) is 0 Å². The molecule has 0 unspecified atom stereocenters. The van der Waals surface area contributed by atoms with Crippen molar-refractivity contribution in [3.63, 3.8) is 0 Å². The lowest BCUT2D eigenvalue weighted by molar-refractivity contribution is 0.465. The Kier molecular flexibility index (Phi) is 4.94. The summed E-state index contributed by atoms with van der Waals surface area (Å²) >= 11 is 0. The maximum atomic E-state index is 14.4. The highest BCUT2D eigenvalue weighted by atomic mass is 19.1. The summed E-state index contributed by atoms with van der Waals surface area (Å²) in [7, 11) is 0. The van der Waals surface area contributed by atoms with E-state index in [0.717, 1.165) is 5.57 Å². The van der Waals surface area contributed by atoms with Gasteiger partial charge in [0.2, 0.25) is 0 Å². The van der Waals surface area contributed by atoms with Crippen LogP contribution < -0.4 is 0 Å². The molecule has 0 rings (SSSR count). The van der Waals surface area contributed by atoms with Crippen molar-refractivity contribution in [2.24, 2.45) is 10.8 Å². The average molecular weight is 238 g/mol. The molecule has 98 valence electrons. The zero-order valence-electron chi connectivity index (χ0n) is 12.7. The molecule has 17 heavy (non-hydrogen) atoms. The highest BCUT2D eigenvalue weighted by Gasteiger charge is 2.25. The molecule has 0 spiro atoms. The molecule has 0 N–H and O–H groups in total. The first-order chi connectivity index (χ1) is 7.42. The second kappa shape index (κ2) is 5.20. The molecular formula is C16H27F. The van der Waals surface area contributed by atoms with Gasteiger partial charge in [-0.1, -0.05) is 54.2 Å². The minimum Gasteiger partial charge on any atom is -0.206 e.